The summed E-state index contributed by atoms with van der Waals surface area (Å²) in [6.07, 6.45) is 78.0. The molecule has 660 valence electrons. The van der Waals surface area contributed by atoms with Gasteiger partial charge in [-0.05, 0) is 37.5 Å². The summed E-state index contributed by atoms with van der Waals surface area (Å²) in [5.41, 5.74) is 0. The van der Waals surface area contributed by atoms with E-state index in [-0.39, 0.29) is 25.7 Å². The fraction of sp³-hybridized carbons (Fsp3) is 0.957. The second-order valence-electron chi connectivity index (χ2n) is 34.0. The Bertz CT molecular complexity index is 2120. The van der Waals surface area contributed by atoms with E-state index in [0.29, 0.717) is 25.7 Å². The van der Waals surface area contributed by atoms with E-state index in [4.69, 9.17) is 37.0 Å². The number of hydrogen-bond donors (Lipinski definition) is 3. The van der Waals surface area contributed by atoms with E-state index in [2.05, 4.69) is 41.5 Å². The van der Waals surface area contributed by atoms with Gasteiger partial charge in [0, 0.05) is 25.7 Å². The number of hydrogen-bond acceptors (Lipinski definition) is 15. The molecule has 0 aromatic heterocycles. The van der Waals surface area contributed by atoms with Crippen molar-refractivity contribution in [1.82, 2.24) is 0 Å². The molecule has 0 aromatic carbocycles. The maximum absolute atomic E-state index is 13.2. The first-order chi connectivity index (χ1) is 53.9. The van der Waals surface area contributed by atoms with E-state index in [1.54, 1.807) is 0 Å². The van der Waals surface area contributed by atoms with Gasteiger partial charge < -0.3 is 33.8 Å². The van der Waals surface area contributed by atoms with Gasteiger partial charge in [0.1, 0.15) is 19.3 Å². The third kappa shape index (κ3) is 85.8. The largest absolute Gasteiger partial charge is 0.472 e. The third-order valence-electron chi connectivity index (χ3n) is 21.7. The van der Waals surface area contributed by atoms with Crippen molar-refractivity contribution in [2.24, 2.45) is 11.8 Å². The van der Waals surface area contributed by atoms with Crippen LogP contribution in [0.2, 0.25) is 0 Å². The minimum atomic E-state index is -4.97. The van der Waals surface area contributed by atoms with Crippen LogP contribution in [0.1, 0.15) is 497 Å². The summed E-state index contributed by atoms with van der Waals surface area (Å²) in [5.74, 6) is -0.549. The number of carbonyl (C=O) groups excluding carboxylic acids is 4. The zero-order chi connectivity index (χ0) is 81.3. The van der Waals surface area contributed by atoms with Crippen molar-refractivity contribution in [1.29, 1.82) is 0 Å². The number of aliphatic hydroxyl groups excluding tert-OH is 1. The lowest BCUT2D eigenvalue weighted by Gasteiger charge is -2.21. The van der Waals surface area contributed by atoms with Crippen molar-refractivity contribution in [3.63, 3.8) is 0 Å². The maximum atomic E-state index is 13.2. The molecule has 3 N–H and O–H groups in total. The zero-order valence-corrected chi connectivity index (χ0v) is 75.1. The number of phosphoric ester groups is 2. The molecule has 0 fully saturated rings. The summed E-state index contributed by atoms with van der Waals surface area (Å²) >= 11 is 0. The molecule has 0 rings (SSSR count). The fourth-order valence-corrected chi connectivity index (χ4v) is 16.1. The van der Waals surface area contributed by atoms with E-state index in [9.17, 15) is 43.2 Å². The highest BCUT2D eigenvalue weighted by molar-refractivity contribution is 7.47. The van der Waals surface area contributed by atoms with Gasteiger partial charge in [0.15, 0.2) is 12.2 Å². The molecule has 19 heteroatoms. The highest BCUT2D eigenvalue weighted by Crippen LogP contribution is 2.45. The molecule has 0 spiro atoms. The third-order valence-corrected chi connectivity index (χ3v) is 23.6. The molecule has 0 bridgehead atoms. The van der Waals surface area contributed by atoms with Crippen molar-refractivity contribution in [3.05, 3.63) is 0 Å². The van der Waals surface area contributed by atoms with Crippen LogP contribution in [0.4, 0.5) is 0 Å². The fourth-order valence-electron chi connectivity index (χ4n) is 14.5. The van der Waals surface area contributed by atoms with Crippen LogP contribution in [0.25, 0.3) is 0 Å². The van der Waals surface area contributed by atoms with Gasteiger partial charge >= 0.3 is 39.5 Å². The van der Waals surface area contributed by atoms with Gasteiger partial charge in [0.2, 0.25) is 0 Å². The predicted octanol–water partition coefficient (Wildman–Crippen LogP) is 28.6. The Balaban J connectivity index is 5.23. The quantitative estimate of drug-likeness (QED) is 0.0222. The Morgan fingerprint density at radius 2 is 0.414 bits per heavy atom. The summed E-state index contributed by atoms with van der Waals surface area (Å²) in [7, 11) is -9.94. The van der Waals surface area contributed by atoms with Gasteiger partial charge in [-0.15, -0.1) is 0 Å². The molecular formula is C92H180O17P2. The minimum absolute atomic E-state index is 0.108. The first-order valence-electron chi connectivity index (χ1n) is 47.5. The summed E-state index contributed by atoms with van der Waals surface area (Å²) in [6, 6.07) is 0. The van der Waals surface area contributed by atoms with Crippen LogP contribution in [0.15, 0.2) is 0 Å². The molecule has 17 nitrogen and oxygen atoms in total. The molecule has 0 saturated heterocycles. The molecule has 0 aliphatic heterocycles. The molecule has 0 saturated carbocycles. The molecule has 0 aliphatic rings. The second kappa shape index (κ2) is 83.1. The molecule has 0 radical (unpaired) electrons. The van der Waals surface area contributed by atoms with Gasteiger partial charge in [-0.25, -0.2) is 9.13 Å². The SMILES string of the molecule is CCCCCCCCCCCCCCCCCCCCCCCC(=O)OC[C@H](COP(=O)(O)OC[C@@H](O)COP(=O)(O)OC[C@@H](COC(=O)CCCCCCCCCCC(C)C)OC(=O)CCCCCCCCCCCCCCCCCCCC)OC(=O)CCCCCCCCCCCCCCCCCCCCC(C)C. The number of ether oxygens (including phenoxy) is 4. The summed E-state index contributed by atoms with van der Waals surface area (Å²) in [6.45, 7) is 9.71. The van der Waals surface area contributed by atoms with Gasteiger partial charge in [-0.1, -0.05) is 446 Å². The predicted molar refractivity (Wildman–Crippen MR) is 460 cm³/mol. The zero-order valence-electron chi connectivity index (χ0n) is 73.3. The first kappa shape index (κ1) is 109. The Morgan fingerprint density at radius 1 is 0.243 bits per heavy atom. The minimum Gasteiger partial charge on any atom is -0.462 e. The van der Waals surface area contributed by atoms with Crippen LogP contribution in [0.3, 0.4) is 0 Å². The lowest BCUT2D eigenvalue weighted by molar-refractivity contribution is -0.161. The van der Waals surface area contributed by atoms with Crippen molar-refractivity contribution in [2.75, 3.05) is 39.6 Å². The lowest BCUT2D eigenvalue weighted by atomic mass is 10.0. The number of rotatable bonds is 91. The van der Waals surface area contributed by atoms with E-state index in [0.717, 1.165) is 102 Å². The van der Waals surface area contributed by atoms with Crippen LogP contribution in [0.5, 0.6) is 0 Å². The molecule has 0 aliphatic carbocycles. The molecule has 0 aromatic rings. The first-order valence-corrected chi connectivity index (χ1v) is 50.5. The standard InChI is InChI=1S/C92H180O17P2/c1-7-9-11-13-15-17-19-21-23-25-27-28-29-34-37-41-45-49-56-62-68-74-89(94)102-80-87(108-91(96)76-71-65-59-51-47-43-39-35-31-30-32-36-40-44-48-54-60-66-72-84(3)4)82-106-110(98,99)104-78-86(93)79-105-111(100,101)107-83-88(81-103-90(95)75-69-63-57-53-52-55-61-67-73-85(5)6)109-92(97)77-70-64-58-50-46-42-38-33-26-24-22-20-18-16-14-12-10-8-2/h84-88,93H,7-83H2,1-6H3,(H,98,99)(H,100,101)/t86-,87-,88-/m1/s1. The van der Waals surface area contributed by atoms with E-state index < -0.39 is 97.5 Å². The van der Waals surface area contributed by atoms with Crippen molar-refractivity contribution < 1.29 is 80.2 Å². The number of phosphoric acid groups is 2. The molecular weight excluding hydrogens is 1440 g/mol. The van der Waals surface area contributed by atoms with Gasteiger partial charge in [0.05, 0.1) is 26.4 Å². The van der Waals surface area contributed by atoms with Gasteiger partial charge in [0.25, 0.3) is 0 Å². The summed E-state index contributed by atoms with van der Waals surface area (Å²) < 4.78 is 69.1. The Kier molecular flexibility index (Phi) is 81.7. The maximum Gasteiger partial charge on any atom is 0.472 e. The van der Waals surface area contributed by atoms with Crippen molar-refractivity contribution >= 4 is 39.5 Å². The summed E-state index contributed by atoms with van der Waals surface area (Å²) in [5, 5.41) is 10.7. The highest BCUT2D eigenvalue weighted by Gasteiger charge is 2.31. The van der Waals surface area contributed by atoms with E-state index in [1.807, 2.05) is 0 Å². The van der Waals surface area contributed by atoms with Crippen LogP contribution in [-0.4, -0.2) is 96.7 Å². The van der Waals surface area contributed by atoms with Gasteiger partial charge in [-0.2, -0.15) is 0 Å². The number of carbonyl (C=O) groups is 4. The van der Waals surface area contributed by atoms with Crippen molar-refractivity contribution in [2.45, 2.75) is 516 Å². The normalized spacial score (nSPS) is 13.7. The molecule has 5 atom stereocenters. The second-order valence-corrected chi connectivity index (χ2v) is 36.9. The van der Waals surface area contributed by atoms with E-state index in [1.165, 1.54) is 315 Å². The average molecular weight is 1620 g/mol. The Labute approximate surface area is 683 Å². The van der Waals surface area contributed by atoms with E-state index >= 15 is 0 Å². The van der Waals surface area contributed by atoms with Crippen LogP contribution < -0.4 is 0 Å². The topological polar surface area (TPSA) is 237 Å². The van der Waals surface area contributed by atoms with Crippen molar-refractivity contribution in [3.8, 4) is 0 Å². The molecule has 0 heterocycles. The van der Waals surface area contributed by atoms with Crippen LogP contribution in [0, 0.1) is 11.8 Å². The Hall–Kier alpha value is -1.94. The van der Waals surface area contributed by atoms with Gasteiger partial charge in [-0.3, -0.25) is 37.3 Å². The molecule has 111 heavy (non-hydrogen) atoms. The van der Waals surface area contributed by atoms with Crippen LogP contribution in [-0.2, 0) is 65.4 Å². The monoisotopic (exact) mass is 1620 g/mol. The highest BCUT2D eigenvalue weighted by atomic mass is 31.2. The molecule has 0 amide bonds. The number of esters is 4. The smallest absolute Gasteiger partial charge is 0.462 e. The number of aliphatic hydroxyl groups is 1. The Morgan fingerprint density at radius 3 is 0.613 bits per heavy atom. The van der Waals surface area contributed by atoms with Crippen LogP contribution >= 0.6 is 15.6 Å². The number of unbranched alkanes of at least 4 members (excludes halogenated alkanes) is 61. The summed E-state index contributed by atoms with van der Waals surface area (Å²) in [4.78, 5) is 73.4. The molecule has 2 unspecified atom stereocenters. The lowest BCUT2D eigenvalue weighted by Crippen LogP contribution is -2.30. The average Bonchev–Trinajstić information content (AvgIpc) is 0.898.